The van der Waals surface area contributed by atoms with Crippen LogP contribution < -0.4 is 10.1 Å². The van der Waals surface area contributed by atoms with Gasteiger partial charge in [0.25, 0.3) is 0 Å². The second-order valence-electron chi connectivity index (χ2n) is 6.77. The van der Waals surface area contributed by atoms with Gasteiger partial charge in [-0.15, -0.1) is 0 Å². The van der Waals surface area contributed by atoms with Crippen LogP contribution in [0.1, 0.15) is 34.0 Å². The highest BCUT2D eigenvalue weighted by Gasteiger charge is 2.45. The van der Waals surface area contributed by atoms with Crippen LogP contribution in [0.3, 0.4) is 0 Å². The molecular weight excluding hydrogens is 386 g/mol. The highest BCUT2D eigenvalue weighted by molar-refractivity contribution is 7.80. The van der Waals surface area contributed by atoms with Crippen molar-refractivity contribution in [2.24, 2.45) is 0 Å². The number of aromatic hydroxyl groups is 1. The molecule has 0 spiro atoms. The second kappa shape index (κ2) is 7.31. The van der Waals surface area contributed by atoms with E-state index in [1.165, 1.54) is 0 Å². The number of benzene rings is 3. The van der Waals surface area contributed by atoms with Gasteiger partial charge in [0, 0.05) is 41.1 Å². The summed E-state index contributed by atoms with van der Waals surface area (Å²) in [4.78, 5) is 12.7. The molecule has 2 N–H and O–H groups in total. The number of carbonyl (C=O) groups is 1. The third-order valence-electron chi connectivity index (χ3n) is 5.02. The minimum atomic E-state index is -1.08. The third-order valence-corrected chi connectivity index (χ3v) is 5.12. The fourth-order valence-corrected chi connectivity index (χ4v) is 4.00. The van der Waals surface area contributed by atoms with Crippen LogP contribution in [-0.4, -0.2) is 23.5 Å². The van der Waals surface area contributed by atoms with Crippen molar-refractivity contribution in [1.29, 1.82) is 0 Å². The number of nitrogens with one attached hydrogen (secondary N) is 1. The molecule has 0 saturated carbocycles. The number of aldehydes is 1. The number of methoxy groups -OCH3 is 1. The van der Waals surface area contributed by atoms with Crippen molar-refractivity contribution in [2.45, 2.75) is 12.5 Å². The largest absolute Gasteiger partial charge is 0.508 e. The van der Waals surface area contributed by atoms with Crippen molar-refractivity contribution >= 4 is 29.2 Å². The van der Waals surface area contributed by atoms with E-state index in [-0.39, 0.29) is 5.75 Å². The van der Waals surface area contributed by atoms with Gasteiger partial charge in [-0.2, -0.15) is 0 Å². The van der Waals surface area contributed by atoms with E-state index in [2.05, 4.69) is 5.32 Å². The Labute approximate surface area is 173 Å². The lowest BCUT2D eigenvalue weighted by atomic mass is 9.76. The lowest BCUT2D eigenvalue weighted by Crippen LogP contribution is -2.35. The molecule has 1 unspecified atom stereocenters. The van der Waals surface area contributed by atoms with Gasteiger partial charge < -0.3 is 19.9 Å². The number of para-hydroxylation sites is 1. The average Bonchev–Trinajstić information content (AvgIpc) is 2.71. The molecule has 0 aromatic heterocycles. The summed E-state index contributed by atoms with van der Waals surface area (Å²) < 4.78 is 12.2. The van der Waals surface area contributed by atoms with Gasteiger partial charge in [-0.05, 0) is 37.3 Å². The number of hydrogen-bond acceptors (Lipinski definition) is 5. The zero-order valence-electron chi connectivity index (χ0n) is 15.9. The van der Waals surface area contributed by atoms with E-state index >= 15 is 0 Å². The van der Waals surface area contributed by atoms with E-state index < -0.39 is 5.60 Å². The topological polar surface area (TPSA) is 67.8 Å². The van der Waals surface area contributed by atoms with Crippen LogP contribution in [0.5, 0.6) is 17.2 Å². The number of rotatable bonds is 4. The molecule has 0 radical (unpaired) electrons. The first-order valence-corrected chi connectivity index (χ1v) is 9.43. The van der Waals surface area contributed by atoms with Crippen molar-refractivity contribution < 1.29 is 19.4 Å². The van der Waals surface area contributed by atoms with Crippen LogP contribution in [0.25, 0.3) is 0 Å². The van der Waals surface area contributed by atoms with Crippen LogP contribution in [0.4, 0.5) is 5.69 Å². The summed E-state index contributed by atoms with van der Waals surface area (Å²) in [5.74, 6) is 1.15. The van der Waals surface area contributed by atoms with Gasteiger partial charge >= 0.3 is 0 Å². The molecular formula is C23H19NO4S. The van der Waals surface area contributed by atoms with Gasteiger partial charge in [-0.25, -0.2) is 0 Å². The van der Waals surface area contributed by atoms with E-state index in [9.17, 15) is 9.90 Å². The molecule has 29 heavy (non-hydrogen) atoms. The second-order valence-corrected chi connectivity index (χ2v) is 7.38. The minimum Gasteiger partial charge on any atom is -0.508 e. The van der Waals surface area contributed by atoms with E-state index in [1.54, 1.807) is 38.3 Å². The third kappa shape index (κ3) is 3.06. The van der Waals surface area contributed by atoms with E-state index in [4.69, 9.17) is 21.7 Å². The summed E-state index contributed by atoms with van der Waals surface area (Å²) in [5.41, 5.74) is 2.25. The summed E-state index contributed by atoms with van der Waals surface area (Å²) in [7, 11) is 1.60. The van der Waals surface area contributed by atoms with E-state index in [0.29, 0.717) is 33.2 Å². The molecule has 3 aromatic carbocycles. The zero-order valence-corrected chi connectivity index (χ0v) is 16.7. The Hall–Kier alpha value is -3.22. The number of phenols is 1. The summed E-state index contributed by atoms with van der Waals surface area (Å²) in [6.07, 6.45) is 0.804. The average molecular weight is 405 g/mol. The summed E-state index contributed by atoms with van der Waals surface area (Å²) in [6.45, 7) is 1.78. The van der Waals surface area contributed by atoms with Crippen LogP contribution in [0.2, 0.25) is 0 Å². The smallest absolute Gasteiger partial charge is 0.151 e. The fourth-order valence-electron chi connectivity index (χ4n) is 3.88. The number of phenolic OH excluding ortho intramolecular Hbond substituents is 1. The normalized spacial score (nSPS) is 16.9. The maximum Gasteiger partial charge on any atom is 0.151 e. The lowest BCUT2D eigenvalue weighted by molar-refractivity contribution is 0.0491. The molecule has 3 aromatic rings. The van der Waals surface area contributed by atoms with Gasteiger partial charge in [-0.3, -0.25) is 4.79 Å². The predicted octanol–water partition coefficient (Wildman–Crippen LogP) is 5.01. The first-order valence-electron chi connectivity index (χ1n) is 9.03. The Morgan fingerprint density at radius 2 is 1.79 bits per heavy atom. The van der Waals surface area contributed by atoms with Gasteiger partial charge in [0.1, 0.15) is 17.2 Å². The molecule has 1 atom stereocenters. The Morgan fingerprint density at radius 3 is 2.52 bits per heavy atom. The fraction of sp³-hybridized carbons (Fsp3) is 0.130. The highest BCUT2D eigenvalue weighted by Crippen LogP contribution is 2.53. The molecule has 0 aliphatic carbocycles. The van der Waals surface area contributed by atoms with Crippen molar-refractivity contribution in [2.75, 3.05) is 12.4 Å². The van der Waals surface area contributed by atoms with Gasteiger partial charge in [-0.1, -0.05) is 36.5 Å². The van der Waals surface area contributed by atoms with Crippen molar-refractivity contribution in [1.82, 2.24) is 0 Å². The number of carbonyl (C=O) groups excluding carboxylic acids is 1. The number of ether oxygens (including phenoxy) is 2. The van der Waals surface area contributed by atoms with Gasteiger partial charge in [0.05, 0.1) is 4.99 Å². The maximum atomic E-state index is 12.1. The summed E-state index contributed by atoms with van der Waals surface area (Å²) in [5, 5.41) is 13.0. The molecule has 1 heterocycles. The number of hydrogen-bond donors (Lipinski definition) is 2. The van der Waals surface area contributed by atoms with Gasteiger partial charge in [0.15, 0.2) is 11.9 Å². The molecule has 1 aliphatic rings. The zero-order chi connectivity index (χ0) is 20.6. The molecule has 0 saturated heterocycles. The molecule has 0 fully saturated rings. The van der Waals surface area contributed by atoms with Gasteiger partial charge in [0.2, 0.25) is 0 Å². The van der Waals surface area contributed by atoms with Crippen LogP contribution in [0.15, 0.2) is 60.7 Å². The highest BCUT2D eigenvalue weighted by atomic mass is 32.1. The monoisotopic (exact) mass is 405 g/mol. The molecule has 5 nitrogen and oxygen atoms in total. The summed E-state index contributed by atoms with van der Waals surface area (Å²) >= 11 is 5.11. The first kappa shape index (κ1) is 19.1. The Kier molecular flexibility index (Phi) is 4.82. The molecule has 4 rings (SSSR count). The molecule has 0 bridgehead atoms. The van der Waals surface area contributed by atoms with Crippen molar-refractivity contribution in [3.05, 3.63) is 82.9 Å². The molecule has 146 valence electrons. The van der Waals surface area contributed by atoms with Crippen LogP contribution in [-0.2, 0) is 10.3 Å². The van der Waals surface area contributed by atoms with E-state index in [1.807, 2.05) is 36.4 Å². The number of fused-ring (bicyclic) bond motifs is 2. The number of anilines is 1. The minimum absolute atomic E-state index is 0.0831. The SMILES string of the molecule is COC1(c2ccc(NC(C)=S)cc2C=O)c2ccccc2Oc2cc(O)ccc21. The Morgan fingerprint density at radius 1 is 1.07 bits per heavy atom. The molecule has 1 aliphatic heterocycles. The lowest BCUT2D eigenvalue weighted by Gasteiger charge is -2.40. The van der Waals surface area contributed by atoms with Crippen LogP contribution >= 0.6 is 12.2 Å². The standard InChI is InChI=1S/C23H19NO4S/c1-14(29)24-16-7-9-18(15(11-16)13-25)23(27-2)19-5-3-4-6-21(19)28-22-12-17(26)8-10-20(22)23/h3-13,26H,1-2H3,(H,24,29). The van der Waals surface area contributed by atoms with Crippen LogP contribution in [0, 0.1) is 0 Å². The Bertz CT molecular complexity index is 1130. The van der Waals surface area contributed by atoms with E-state index in [0.717, 1.165) is 17.5 Å². The maximum absolute atomic E-state index is 12.1. The quantitative estimate of drug-likeness (QED) is 0.470. The molecule has 6 heteroatoms. The Balaban J connectivity index is 2.03. The van der Waals surface area contributed by atoms with Crippen molar-refractivity contribution in [3.8, 4) is 17.2 Å². The predicted molar refractivity (Wildman–Crippen MR) is 115 cm³/mol. The first-order chi connectivity index (χ1) is 14.0. The number of thiocarbonyl (C=S) groups is 1. The van der Waals surface area contributed by atoms with Crippen molar-refractivity contribution in [3.63, 3.8) is 0 Å². The molecule has 0 amide bonds. The summed E-state index contributed by atoms with van der Waals surface area (Å²) in [6, 6.07) is 17.8.